The lowest BCUT2D eigenvalue weighted by Gasteiger charge is -2.38. The van der Waals surface area contributed by atoms with Crippen LogP contribution in [0.2, 0.25) is 0 Å². The largest absolute Gasteiger partial charge is 0.379 e. The zero-order valence-electron chi connectivity index (χ0n) is 9.79. The molecular weight excluding hydrogens is 219 g/mol. The molecule has 0 radical (unpaired) electrons. The van der Waals surface area contributed by atoms with Crippen LogP contribution in [-0.2, 0) is 11.3 Å². The number of morpholine rings is 1. The fourth-order valence-electron chi connectivity index (χ4n) is 2.76. The first-order valence-electron chi connectivity index (χ1n) is 6.16. The minimum absolute atomic E-state index is 0.0690. The summed E-state index contributed by atoms with van der Waals surface area (Å²) < 4.78 is 19.3. The molecule has 3 nitrogen and oxygen atoms in total. The van der Waals surface area contributed by atoms with Gasteiger partial charge in [-0.2, -0.15) is 0 Å². The molecule has 0 aromatic heterocycles. The Morgan fingerprint density at radius 1 is 1.29 bits per heavy atom. The predicted octanol–water partition coefficient (Wildman–Crippen LogP) is 1.30. The Morgan fingerprint density at radius 3 is 2.94 bits per heavy atom. The highest BCUT2D eigenvalue weighted by Gasteiger charge is 2.29. The molecule has 92 valence electrons. The normalized spacial score (nSPS) is 25.6. The zero-order chi connectivity index (χ0) is 11.7. The monoisotopic (exact) mass is 236 g/mol. The second-order valence-corrected chi connectivity index (χ2v) is 4.61. The van der Waals surface area contributed by atoms with Crippen molar-refractivity contribution in [3.8, 4) is 0 Å². The van der Waals surface area contributed by atoms with Crippen LogP contribution in [0.1, 0.15) is 17.2 Å². The summed E-state index contributed by atoms with van der Waals surface area (Å²) in [5.41, 5.74) is 1.97. The fourth-order valence-corrected chi connectivity index (χ4v) is 2.76. The van der Waals surface area contributed by atoms with E-state index in [0.29, 0.717) is 0 Å². The van der Waals surface area contributed by atoms with Crippen molar-refractivity contribution in [2.75, 3.05) is 32.8 Å². The van der Waals surface area contributed by atoms with Crippen LogP contribution in [0.3, 0.4) is 0 Å². The van der Waals surface area contributed by atoms with Crippen LogP contribution < -0.4 is 5.32 Å². The van der Waals surface area contributed by atoms with E-state index < -0.39 is 0 Å². The molecule has 1 N–H and O–H groups in total. The third kappa shape index (κ3) is 2.08. The second-order valence-electron chi connectivity index (χ2n) is 4.61. The quantitative estimate of drug-likeness (QED) is 0.795. The van der Waals surface area contributed by atoms with Gasteiger partial charge in [0.2, 0.25) is 0 Å². The van der Waals surface area contributed by atoms with E-state index in [0.717, 1.165) is 50.5 Å². The van der Waals surface area contributed by atoms with Crippen molar-refractivity contribution >= 4 is 0 Å². The van der Waals surface area contributed by atoms with Gasteiger partial charge in [-0.3, -0.25) is 4.90 Å². The maximum Gasteiger partial charge on any atom is 0.128 e. The summed E-state index contributed by atoms with van der Waals surface area (Å²) in [6.07, 6.45) is 0. The molecule has 0 spiro atoms. The van der Waals surface area contributed by atoms with Crippen LogP contribution in [0.15, 0.2) is 18.2 Å². The number of benzene rings is 1. The van der Waals surface area contributed by atoms with E-state index in [1.54, 1.807) is 12.1 Å². The van der Waals surface area contributed by atoms with Crippen molar-refractivity contribution in [3.05, 3.63) is 35.1 Å². The van der Waals surface area contributed by atoms with E-state index >= 15 is 0 Å². The Balaban J connectivity index is 1.92. The molecular formula is C13H17FN2O. The van der Waals surface area contributed by atoms with Crippen LogP contribution in [0.5, 0.6) is 0 Å². The van der Waals surface area contributed by atoms with Crippen molar-refractivity contribution in [2.45, 2.75) is 12.6 Å². The lowest BCUT2D eigenvalue weighted by Crippen LogP contribution is -2.45. The molecule has 4 heteroatoms. The Bertz CT molecular complexity index is 404. The van der Waals surface area contributed by atoms with E-state index in [1.165, 1.54) is 0 Å². The number of ether oxygens (including phenoxy) is 1. The van der Waals surface area contributed by atoms with Crippen molar-refractivity contribution in [2.24, 2.45) is 0 Å². The van der Waals surface area contributed by atoms with Crippen LogP contribution in [0, 0.1) is 5.82 Å². The molecule has 2 aliphatic heterocycles. The number of hydrogen-bond donors (Lipinski definition) is 1. The highest BCUT2D eigenvalue weighted by molar-refractivity contribution is 5.33. The van der Waals surface area contributed by atoms with Gasteiger partial charge in [0.1, 0.15) is 5.82 Å². The molecule has 0 amide bonds. The first kappa shape index (κ1) is 11.1. The van der Waals surface area contributed by atoms with E-state index in [4.69, 9.17) is 4.74 Å². The highest BCUT2D eigenvalue weighted by Crippen LogP contribution is 2.29. The topological polar surface area (TPSA) is 24.5 Å². The van der Waals surface area contributed by atoms with Gasteiger partial charge in [-0.1, -0.05) is 12.1 Å². The average Bonchev–Trinajstić information content (AvgIpc) is 2.39. The van der Waals surface area contributed by atoms with E-state index in [9.17, 15) is 4.39 Å². The Kier molecular flexibility index (Phi) is 3.09. The number of hydrogen-bond acceptors (Lipinski definition) is 3. The first-order valence-corrected chi connectivity index (χ1v) is 6.16. The molecule has 0 bridgehead atoms. The zero-order valence-corrected chi connectivity index (χ0v) is 9.79. The summed E-state index contributed by atoms with van der Waals surface area (Å²) in [5.74, 6) is -0.0690. The van der Waals surface area contributed by atoms with Gasteiger partial charge in [0, 0.05) is 31.7 Å². The number of nitrogens with one attached hydrogen (secondary N) is 1. The molecule has 1 atom stereocenters. The molecule has 1 aromatic rings. The number of rotatable bonds is 1. The van der Waals surface area contributed by atoms with Crippen molar-refractivity contribution in [1.29, 1.82) is 0 Å². The van der Waals surface area contributed by atoms with E-state index in [-0.39, 0.29) is 11.9 Å². The minimum Gasteiger partial charge on any atom is -0.379 e. The summed E-state index contributed by atoms with van der Waals surface area (Å²) in [6, 6.07) is 5.52. The minimum atomic E-state index is -0.0690. The number of fused-ring (bicyclic) bond motifs is 1. The van der Waals surface area contributed by atoms with E-state index in [2.05, 4.69) is 10.2 Å². The molecule has 0 unspecified atom stereocenters. The van der Waals surface area contributed by atoms with Gasteiger partial charge in [-0.05, 0) is 11.6 Å². The SMILES string of the molecule is Fc1cccc2c1[C@H](N1CCOCC1)CNC2. The molecule has 0 aliphatic carbocycles. The Labute approximate surface area is 101 Å². The molecule has 17 heavy (non-hydrogen) atoms. The van der Waals surface area contributed by atoms with Gasteiger partial charge in [-0.15, -0.1) is 0 Å². The van der Waals surface area contributed by atoms with Crippen LogP contribution >= 0.6 is 0 Å². The van der Waals surface area contributed by atoms with E-state index in [1.807, 2.05) is 6.07 Å². The summed E-state index contributed by atoms with van der Waals surface area (Å²) in [5, 5.41) is 3.37. The number of nitrogens with zero attached hydrogens (tertiary/aromatic N) is 1. The van der Waals surface area contributed by atoms with Crippen LogP contribution in [-0.4, -0.2) is 37.7 Å². The summed E-state index contributed by atoms with van der Waals surface area (Å²) in [4.78, 5) is 2.32. The van der Waals surface area contributed by atoms with Crippen LogP contribution in [0.4, 0.5) is 4.39 Å². The van der Waals surface area contributed by atoms with Gasteiger partial charge in [-0.25, -0.2) is 4.39 Å². The molecule has 2 heterocycles. The Hall–Kier alpha value is -0.970. The summed E-state index contributed by atoms with van der Waals surface area (Å²) >= 11 is 0. The van der Waals surface area contributed by atoms with Gasteiger partial charge in [0.25, 0.3) is 0 Å². The number of halogens is 1. The van der Waals surface area contributed by atoms with Crippen LogP contribution in [0.25, 0.3) is 0 Å². The second kappa shape index (κ2) is 4.72. The van der Waals surface area contributed by atoms with Crippen molar-refractivity contribution < 1.29 is 9.13 Å². The first-order chi connectivity index (χ1) is 8.36. The van der Waals surface area contributed by atoms with Gasteiger partial charge >= 0.3 is 0 Å². The lowest BCUT2D eigenvalue weighted by atomic mass is 9.94. The average molecular weight is 236 g/mol. The maximum atomic E-state index is 14.0. The lowest BCUT2D eigenvalue weighted by molar-refractivity contribution is 0.0138. The van der Waals surface area contributed by atoms with Crippen molar-refractivity contribution in [1.82, 2.24) is 10.2 Å². The fraction of sp³-hybridized carbons (Fsp3) is 0.538. The summed E-state index contributed by atoms with van der Waals surface area (Å²) in [7, 11) is 0. The molecule has 1 saturated heterocycles. The van der Waals surface area contributed by atoms with Crippen molar-refractivity contribution in [3.63, 3.8) is 0 Å². The standard InChI is InChI=1S/C13H17FN2O/c14-11-3-1-2-10-8-15-9-12(13(10)11)16-4-6-17-7-5-16/h1-3,12,15H,4-9H2/t12-/m1/s1. The maximum absolute atomic E-state index is 14.0. The van der Waals surface area contributed by atoms with Gasteiger partial charge in [0.15, 0.2) is 0 Å². The molecule has 1 fully saturated rings. The highest BCUT2D eigenvalue weighted by atomic mass is 19.1. The smallest absolute Gasteiger partial charge is 0.128 e. The Morgan fingerprint density at radius 2 is 2.12 bits per heavy atom. The summed E-state index contributed by atoms with van der Waals surface area (Å²) in [6.45, 7) is 4.88. The third-order valence-corrected chi connectivity index (χ3v) is 3.62. The molecule has 3 rings (SSSR count). The molecule has 1 aromatic carbocycles. The predicted molar refractivity (Wildman–Crippen MR) is 63.2 cm³/mol. The van der Waals surface area contributed by atoms with Gasteiger partial charge < -0.3 is 10.1 Å². The third-order valence-electron chi connectivity index (χ3n) is 3.62. The molecule has 2 aliphatic rings. The molecule has 0 saturated carbocycles. The van der Waals surface area contributed by atoms with Gasteiger partial charge in [0.05, 0.1) is 19.3 Å².